The summed E-state index contributed by atoms with van der Waals surface area (Å²) in [6.45, 7) is 2.56. The first-order valence-electron chi connectivity index (χ1n) is 5.44. The maximum atomic E-state index is 11.1. The largest absolute Gasteiger partial charge is 0.466 e. The number of rotatable bonds is 8. The number of aliphatic hydroxyl groups excluding tert-OH is 1. The molecule has 0 bridgehead atoms. The number of carbonyl (C=O) groups is 1. The minimum absolute atomic E-state index is 0.0373. The Bertz CT molecular complexity index is 328. The first-order valence-corrected chi connectivity index (χ1v) is 7.50. The Morgan fingerprint density at radius 3 is 2.53 bits per heavy atom. The summed E-state index contributed by atoms with van der Waals surface area (Å²) in [5.74, 6) is -0.410. The molecule has 7 heteroatoms. The molecule has 0 aromatic heterocycles. The highest BCUT2D eigenvalue weighted by Gasteiger charge is 2.14. The van der Waals surface area contributed by atoms with Gasteiger partial charge in [0.25, 0.3) is 0 Å². The van der Waals surface area contributed by atoms with Gasteiger partial charge in [-0.1, -0.05) is 0 Å². The van der Waals surface area contributed by atoms with E-state index in [0.29, 0.717) is 6.54 Å². The molecule has 6 nitrogen and oxygen atoms in total. The summed E-state index contributed by atoms with van der Waals surface area (Å²) >= 11 is 0. The number of nitrogens with zero attached hydrogens (tertiary/aromatic N) is 1. The first-order chi connectivity index (χ1) is 7.74. The highest BCUT2D eigenvalue weighted by molar-refractivity contribution is 7.90. The smallest absolute Gasteiger partial charge is 0.308 e. The zero-order valence-corrected chi connectivity index (χ0v) is 11.4. The lowest BCUT2D eigenvalue weighted by Crippen LogP contribution is -2.34. The lowest BCUT2D eigenvalue weighted by molar-refractivity contribution is -0.145. The molecule has 0 saturated carbocycles. The Labute approximate surface area is 102 Å². The number of sulfone groups is 1. The van der Waals surface area contributed by atoms with E-state index in [1.54, 1.807) is 18.9 Å². The van der Waals surface area contributed by atoms with Crippen LogP contribution in [0.3, 0.4) is 0 Å². The lowest BCUT2D eigenvalue weighted by atomic mass is 10.2. The fourth-order valence-electron chi connectivity index (χ4n) is 1.25. The summed E-state index contributed by atoms with van der Waals surface area (Å²) < 4.78 is 26.5. The van der Waals surface area contributed by atoms with E-state index in [9.17, 15) is 18.3 Å². The molecule has 0 fully saturated rings. The van der Waals surface area contributed by atoms with Crippen LogP contribution in [0.4, 0.5) is 0 Å². The third-order valence-corrected chi connectivity index (χ3v) is 3.00. The average molecular weight is 267 g/mol. The van der Waals surface area contributed by atoms with Crippen LogP contribution in [0.1, 0.15) is 13.3 Å². The van der Waals surface area contributed by atoms with E-state index in [1.807, 2.05) is 0 Å². The van der Waals surface area contributed by atoms with E-state index in [1.165, 1.54) is 0 Å². The maximum absolute atomic E-state index is 11.1. The van der Waals surface area contributed by atoms with Crippen LogP contribution < -0.4 is 0 Å². The zero-order valence-electron chi connectivity index (χ0n) is 10.5. The number of likely N-dealkylation sites (N-methyl/N-ethyl adjacent to an activating group) is 1. The van der Waals surface area contributed by atoms with Crippen molar-refractivity contribution in [1.29, 1.82) is 0 Å². The van der Waals surface area contributed by atoms with E-state index in [4.69, 9.17) is 4.74 Å². The standard InChI is InChI=1S/C10H21NO5S/c1-4-16-10(13)7-9(12)8-11(2)5-6-17(3,14)15/h9,12H,4-8H2,1-3H3. The van der Waals surface area contributed by atoms with Crippen molar-refractivity contribution in [2.75, 3.05) is 38.8 Å². The second kappa shape index (κ2) is 7.62. The van der Waals surface area contributed by atoms with E-state index >= 15 is 0 Å². The van der Waals surface area contributed by atoms with Crippen LogP contribution in [0.15, 0.2) is 0 Å². The predicted octanol–water partition coefficient (Wildman–Crippen LogP) is -0.723. The van der Waals surface area contributed by atoms with Crippen LogP contribution in [-0.4, -0.2) is 69.3 Å². The van der Waals surface area contributed by atoms with Gasteiger partial charge in [0.2, 0.25) is 0 Å². The highest BCUT2D eigenvalue weighted by atomic mass is 32.2. The van der Waals surface area contributed by atoms with Crippen molar-refractivity contribution >= 4 is 15.8 Å². The molecule has 1 N–H and O–H groups in total. The molecule has 102 valence electrons. The molecule has 0 amide bonds. The van der Waals surface area contributed by atoms with Crippen molar-refractivity contribution in [3.05, 3.63) is 0 Å². The van der Waals surface area contributed by atoms with Crippen molar-refractivity contribution < 1.29 is 23.1 Å². The molecule has 0 rings (SSSR count). The number of hydrogen-bond acceptors (Lipinski definition) is 6. The minimum atomic E-state index is -3.00. The van der Waals surface area contributed by atoms with Crippen LogP contribution >= 0.6 is 0 Å². The van der Waals surface area contributed by atoms with Gasteiger partial charge in [0.15, 0.2) is 0 Å². The monoisotopic (exact) mass is 267 g/mol. The molecule has 17 heavy (non-hydrogen) atoms. The molecule has 0 aromatic carbocycles. The van der Waals surface area contributed by atoms with Crippen LogP contribution in [0.25, 0.3) is 0 Å². The Kier molecular flexibility index (Phi) is 7.33. The van der Waals surface area contributed by atoms with Gasteiger partial charge in [-0.15, -0.1) is 0 Å². The van der Waals surface area contributed by atoms with Crippen molar-refractivity contribution in [3.8, 4) is 0 Å². The SMILES string of the molecule is CCOC(=O)CC(O)CN(C)CCS(C)(=O)=O. The van der Waals surface area contributed by atoms with Crippen LogP contribution in [0.5, 0.6) is 0 Å². The quantitative estimate of drug-likeness (QED) is 0.584. The molecular weight excluding hydrogens is 246 g/mol. The maximum Gasteiger partial charge on any atom is 0.308 e. The normalized spacial score (nSPS) is 13.7. The average Bonchev–Trinajstić information content (AvgIpc) is 2.13. The number of esters is 1. The van der Waals surface area contributed by atoms with Gasteiger partial charge in [0.1, 0.15) is 9.84 Å². The predicted molar refractivity (Wildman–Crippen MR) is 64.5 cm³/mol. The fraction of sp³-hybridized carbons (Fsp3) is 0.900. The van der Waals surface area contributed by atoms with Gasteiger partial charge in [-0.2, -0.15) is 0 Å². The Balaban J connectivity index is 3.87. The summed E-state index contributed by atoms with van der Waals surface area (Å²) in [7, 11) is -1.31. The van der Waals surface area contributed by atoms with Gasteiger partial charge in [0.05, 0.1) is 24.9 Å². The second-order valence-corrected chi connectivity index (χ2v) is 6.31. The molecule has 0 aliphatic rings. The number of hydrogen-bond donors (Lipinski definition) is 1. The second-order valence-electron chi connectivity index (χ2n) is 4.06. The molecule has 0 saturated heterocycles. The van der Waals surface area contributed by atoms with Gasteiger partial charge in [-0.05, 0) is 14.0 Å². The van der Waals surface area contributed by atoms with Gasteiger partial charge >= 0.3 is 5.97 Å². The van der Waals surface area contributed by atoms with E-state index in [-0.39, 0.29) is 25.3 Å². The third kappa shape index (κ3) is 10.2. The van der Waals surface area contributed by atoms with Gasteiger partial charge < -0.3 is 14.7 Å². The lowest BCUT2D eigenvalue weighted by Gasteiger charge is -2.19. The molecule has 1 unspecified atom stereocenters. The molecular formula is C10H21NO5S. The van der Waals surface area contributed by atoms with E-state index in [2.05, 4.69) is 0 Å². The van der Waals surface area contributed by atoms with Crippen LogP contribution in [0, 0.1) is 0 Å². The van der Waals surface area contributed by atoms with Crippen molar-refractivity contribution in [2.24, 2.45) is 0 Å². The summed E-state index contributed by atoms with van der Waals surface area (Å²) in [5.41, 5.74) is 0. The zero-order chi connectivity index (χ0) is 13.5. The number of carbonyl (C=O) groups excluding carboxylic acids is 1. The molecule has 0 aliphatic carbocycles. The summed E-state index contributed by atoms with van der Waals surface area (Å²) in [4.78, 5) is 12.7. The molecule has 0 spiro atoms. The van der Waals surface area contributed by atoms with Gasteiger partial charge in [-0.25, -0.2) is 8.42 Å². The molecule has 0 aromatic rings. The van der Waals surface area contributed by atoms with Gasteiger partial charge in [-0.3, -0.25) is 4.79 Å². The Hall–Kier alpha value is -0.660. The summed E-state index contributed by atoms with van der Waals surface area (Å²) in [6, 6.07) is 0. The van der Waals surface area contributed by atoms with Crippen molar-refractivity contribution in [2.45, 2.75) is 19.4 Å². The fourth-order valence-corrected chi connectivity index (χ4v) is 1.89. The Morgan fingerprint density at radius 2 is 2.06 bits per heavy atom. The van der Waals surface area contributed by atoms with Crippen LogP contribution in [-0.2, 0) is 19.4 Å². The van der Waals surface area contributed by atoms with Crippen molar-refractivity contribution in [3.63, 3.8) is 0 Å². The number of aliphatic hydroxyl groups is 1. The molecule has 0 heterocycles. The van der Waals surface area contributed by atoms with Crippen molar-refractivity contribution in [1.82, 2.24) is 4.90 Å². The summed E-state index contributed by atoms with van der Waals surface area (Å²) in [6.07, 6.45) is 0.256. The molecule has 1 atom stereocenters. The topological polar surface area (TPSA) is 83.9 Å². The summed E-state index contributed by atoms with van der Waals surface area (Å²) in [5, 5.41) is 9.55. The highest BCUT2D eigenvalue weighted by Crippen LogP contribution is 1.98. The molecule has 0 radical (unpaired) electrons. The van der Waals surface area contributed by atoms with Gasteiger partial charge in [0, 0.05) is 19.3 Å². The minimum Gasteiger partial charge on any atom is -0.466 e. The van der Waals surface area contributed by atoms with Crippen LogP contribution in [0.2, 0.25) is 0 Å². The Morgan fingerprint density at radius 1 is 1.47 bits per heavy atom. The van der Waals surface area contributed by atoms with E-state index < -0.39 is 21.9 Å². The molecule has 0 aliphatic heterocycles. The number of ether oxygens (including phenoxy) is 1. The van der Waals surface area contributed by atoms with E-state index in [0.717, 1.165) is 6.26 Å². The first kappa shape index (κ1) is 16.3. The third-order valence-electron chi connectivity index (χ3n) is 2.07.